The molecule has 2 aliphatic carbocycles. The minimum Gasteiger partial charge on any atom is -0.339 e. The normalized spacial score (nSPS) is 43.1. The molecule has 4 nitrogen and oxygen atoms in total. The summed E-state index contributed by atoms with van der Waals surface area (Å²) >= 11 is 0. The number of amides is 1. The molecule has 22 heavy (non-hydrogen) atoms. The van der Waals surface area contributed by atoms with Crippen molar-refractivity contribution in [3.05, 3.63) is 0 Å². The summed E-state index contributed by atoms with van der Waals surface area (Å²) in [6, 6.07) is 0.389. The Bertz CT molecular complexity index is 558. The van der Waals surface area contributed by atoms with E-state index < -0.39 is 9.84 Å². The average Bonchev–Trinajstić information content (AvgIpc) is 3.21. The Morgan fingerprint density at radius 2 is 1.95 bits per heavy atom. The predicted octanol–water partition coefficient (Wildman–Crippen LogP) is 2.24. The largest absolute Gasteiger partial charge is 0.339 e. The number of hydrogen-bond donors (Lipinski definition) is 0. The second-order valence-corrected chi connectivity index (χ2v) is 10.3. The number of rotatable bonds is 3. The van der Waals surface area contributed by atoms with Gasteiger partial charge in [-0.05, 0) is 62.7 Å². The van der Waals surface area contributed by atoms with Crippen LogP contribution in [0.4, 0.5) is 0 Å². The molecular weight excluding hydrogens is 298 g/mol. The summed E-state index contributed by atoms with van der Waals surface area (Å²) in [6.07, 6.45) is 9.55. The van der Waals surface area contributed by atoms with Gasteiger partial charge in [-0.25, -0.2) is 8.42 Å². The molecule has 2 saturated carbocycles. The van der Waals surface area contributed by atoms with E-state index in [1.54, 1.807) is 0 Å². The first-order valence-electron chi connectivity index (χ1n) is 9.03. The van der Waals surface area contributed by atoms with Crippen LogP contribution in [0.1, 0.15) is 51.4 Å². The van der Waals surface area contributed by atoms with Crippen LogP contribution in [0, 0.1) is 23.7 Å². The number of nitrogens with zero attached hydrogens (tertiary/aromatic N) is 1. The number of hydrogen-bond acceptors (Lipinski definition) is 3. The van der Waals surface area contributed by atoms with Crippen molar-refractivity contribution < 1.29 is 13.2 Å². The van der Waals surface area contributed by atoms with E-state index in [4.69, 9.17) is 0 Å². The fraction of sp³-hybridized carbons (Fsp3) is 0.941. The molecule has 4 rings (SSSR count). The van der Waals surface area contributed by atoms with E-state index in [1.807, 2.05) is 0 Å². The van der Waals surface area contributed by atoms with Crippen LogP contribution in [-0.2, 0) is 14.6 Å². The van der Waals surface area contributed by atoms with Crippen molar-refractivity contribution in [1.29, 1.82) is 0 Å². The Morgan fingerprint density at radius 1 is 1.09 bits per heavy atom. The first-order chi connectivity index (χ1) is 10.5. The summed E-state index contributed by atoms with van der Waals surface area (Å²) in [5.74, 6) is 2.86. The third kappa shape index (κ3) is 2.70. The van der Waals surface area contributed by atoms with Crippen LogP contribution in [0.25, 0.3) is 0 Å². The Balaban J connectivity index is 1.39. The zero-order chi connectivity index (χ0) is 15.3. The maximum atomic E-state index is 12.7. The van der Waals surface area contributed by atoms with E-state index in [2.05, 4.69) is 4.90 Å². The molecule has 0 aromatic rings. The molecule has 2 bridgehead atoms. The first kappa shape index (κ1) is 15.0. The smallest absolute Gasteiger partial charge is 0.226 e. The van der Waals surface area contributed by atoms with Gasteiger partial charge in [-0.3, -0.25) is 4.79 Å². The highest BCUT2D eigenvalue weighted by Crippen LogP contribution is 2.50. The van der Waals surface area contributed by atoms with Crippen LogP contribution in [-0.4, -0.2) is 43.3 Å². The molecule has 2 heterocycles. The highest BCUT2D eigenvalue weighted by atomic mass is 32.2. The van der Waals surface area contributed by atoms with E-state index in [-0.39, 0.29) is 23.3 Å². The van der Waals surface area contributed by atoms with Crippen molar-refractivity contribution in [3.8, 4) is 0 Å². The Morgan fingerprint density at radius 3 is 2.59 bits per heavy atom. The first-order valence-corrected chi connectivity index (χ1v) is 10.8. The van der Waals surface area contributed by atoms with Gasteiger partial charge in [0.25, 0.3) is 0 Å². The third-order valence-corrected chi connectivity index (χ3v) is 8.47. The highest BCUT2D eigenvalue weighted by Gasteiger charge is 2.43. The lowest BCUT2D eigenvalue weighted by Gasteiger charge is -2.31. The van der Waals surface area contributed by atoms with Gasteiger partial charge < -0.3 is 4.90 Å². The molecule has 5 atom stereocenters. The second-order valence-electron chi connectivity index (χ2n) is 8.10. The van der Waals surface area contributed by atoms with Gasteiger partial charge in [0.05, 0.1) is 17.4 Å². The molecule has 0 N–H and O–H groups in total. The Kier molecular flexibility index (Phi) is 3.74. The number of likely N-dealkylation sites (tertiary alicyclic amines) is 1. The van der Waals surface area contributed by atoms with E-state index in [1.165, 1.54) is 32.1 Å². The van der Waals surface area contributed by atoms with Gasteiger partial charge in [-0.15, -0.1) is 0 Å². The van der Waals surface area contributed by atoms with Crippen molar-refractivity contribution >= 4 is 15.7 Å². The minimum atomic E-state index is -2.96. The highest BCUT2D eigenvalue weighted by molar-refractivity contribution is 7.91. The molecule has 4 aliphatic rings. The lowest BCUT2D eigenvalue weighted by atomic mass is 9.83. The summed E-state index contributed by atoms with van der Waals surface area (Å²) in [6.45, 7) is 0.848. The SMILES string of the molecule is O=C([C@@H]1CCS(=O)(=O)C1)N1CCC[C@H]1C[C@@H]1C[C@H]2CC[C@H]1C2. The molecule has 5 heteroatoms. The molecule has 1 amide bonds. The zero-order valence-corrected chi connectivity index (χ0v) is 14.1. The fourth-order valence-corrected chi connectivity index (χ4v) is 7.34. The van der Waals surface area contributed by atoms with Gasteiger partial charge in [0.15, 0.2) is 9.84 Å². The quantitative estimate of drug-likeness (QED) is 0.799. The van der Waals surface area contributed by atoms with E-state index in [9.17, 15) is 13.2 Å². The molecule has 124 valence electrons. The summed E-state index contributed by atoms with van der Waals surface area (Å²) < 4.78 is 23.3. The summed E-state index contributed by atoms with van der Waals surface area (Å²) in [7, 11) is -2.96. The lowest BCUT2D eigenvalue weighted by Crippen LogP contribution is -2.41. The minimum absolute atomic E-state index is 0.0865. The van der Waals surface area contributed by atoms with Crippen molar-refractivity contribution in [2.24, 2.45) is 23.7 Å². The number of carbonyl (C=O) groups is 1. The zero-order valence-electron chi connectivity index (χ0n) is 13.2. The molecule has 0 radical (unpaired) electrons. The molecular formula is C17H27NO3S. The number of fused-ring (bicyclic) bond motifs is 2. The van der Waals surface area contributed by atoms with Crippen LogP contribution >= 0.6 is 0 Å². The standard InChI is InChI=1S/C17H27NO3S/c19-17(14-5-7-22(20,21)11-14)18-6-1-2-16(18)10-15-9-12-3-4-13(15)8-12/h12-16H,1-11H2/t12-,13-,14+,15-,16-/m0/s1. The van der Waals surface area contributed by atoms with Gasteiger partial charge >= 0.3 is 0 Å². The maximum Gasteiger partial charge on any atom is 0.226 e. The molecule has 0 spiro atoms. The summed E-state index contributed by atoms with van der Waals surface area (Å²) in [5, 5.41) is 0. The fourth-order valence-electron chi connectivity index (χ4n) is 5.61. The molecule has 2 saturated heterocycles. The Labute approximate surface area is 133 Å². The predicted molar refractivity (Wildman–Crippen MR) is 85.1 cm³/mol. The van der Waals surface area contributed by atoms with Gasteiger partial charge in [-0.1, -0.05) is 6.42 Å². The molecule has 0 aromatic carbocycles. The molecule has 2 aliphatic heterocycles. The maximum absolute atomic E-state index is 12.7. The Hall–Kier alpha value is -0.580. The van der Waals surface area contributed by atoms with Gasteiger partial charge in [-0.2, -0.15) is 0 Å². The van der Waals surface area contributed by atoms with Crippen LogP contribution < -0.4 is 0 Å². The topological polar surface area (TPSA) is 54.5 Å². The van der Waals surface area contributed by atoms with Crippen LogP contribution in [0.5, 0.6) is 0 Å². The summed E-state index contributed by atoms with van der Waals surface area (Å²) in [4.78, 5) is 14.8. The molecule has 0 unspecified atom stereocenters. The second kappa shape index (κ2) is 5.50. The van der Waals surface area contributed by atoms with Crippen LogP contribution in [0.15, 0.2) is 0 Å². The summed E-state index contributed by atoms with van der Waals surface area (Å²) in [5.41, 5.74) is 0. The number of sulfone groups is 1. The van der Waals surface area contributed by atoms with Crippen molar-refractivity contribution in [2.75, 3.05) is 18.1 Å². The van der Waals surface area contributed by atoms with Crippen molar-refractivity contribution in [2.45, 2.75) is 57.4 Å². The molecule has 4 fully saturated rings. The van der Waals surface area contributed by atoms with Crippen LogP contribution in [0.2, 0.25) is 0 Å². The van der Waals surface area contributed by atoms with E-state index in [0.717, 1.165) is 37.1 Å². The van der Waals surface area contributed by atoms with Crippen LogP contribution in [0.3, 0.4) is 0 Å². The average molecular weight is 325 g/mol. The lowest BCUT2D eigenvalue weighted by molar-refractivity contribution is -0.135. The monoisotopic (exact) mass is 325 g/mol. The van der Waals surface area contributed by atoms with E-state index >= 15 is 0 Å². The van der Waals surface area contributed by atoms with Gasteiger partial charge in [0, 0.05) is 12.6 Å². The van der Waals surface area contributed by atoms with E-state index in [0.29, 0.717) is 12.5 Å². The third-order valence-electron chi connectivity index (χ3n) is 6.70. The van der Waals surface area contributed by atoms with Crippen molar-refractivity contribution in [1.82, 2.24) is 4.90 Å². The van der Waals surface area contributed by atoms with Crippen molar-refractivity contribution in [3.63, 3.8) is 0 Å². The molecule has 0 aromatic heterocycles. The van der Waals surface area contributed by atoms with Gasteiger partial charge in [0.1, 0.15) is 0 Å². The number of carbonyl (C=O) groups excluding carboxylic acids is 1. The van der Waals surface area contributed by atoms with Gasteiger partial charge in [0.2, 0.25) is 5.91 Å².